The summed E-state index contributed by atoms with van der Waals surface area (Å²) in [6, 6.07) is 0. The lowest BCUT2D eigenvalue weighted by Crippen LogP contribution is -2.36. The summed E-state index contributed by atoms with van der Waals surface area (Å²) in [7, 11) is 0. The standard InChI is InChI=1S/C32H62O4/c1-5-9-22-28(7-3)26-32(31(35)36,27-29(8-4)23-10-6-2)25-21-19-17-15-13-11-12-14-16-18-20-24-30(33)34/h28-29H,5-27H2,1-4H3,(H,33,34)(H,35,36). The molecule has 0 saturated carbocycles. The van der Waals surface area contributed by atoms with Crippen molar-refractivity contribution < 1.29 is 19.8 Å². The Morgan fingerprint density at radius 2 is 0.972 bits per heavy atom. The Hall–Kier alpha value is -1.06. The first-order chi connectivity index (χ1) is 17.3. The molecule has 0 aliphatic heterocycles. The topological polar surface area (TPSA) is 74.6 Å². The smallest absolute Gasteiger partial charge is 0.309 e. The molecule has 0 heterocycles. The normalized spacial score (nSPS) is 14.9. The van der Waals surface area contributed by atoms with E-state index in [4.69, 9.17) is 5.11 Å². The molecule has 2 atom stereocenters. The second-order valence-corrected chi connectivity index (χ2v) is 11.6. The third kappa shape index (κ3) is 17.4. The van der Waals surface area contributed by atoms with E-state index in [0.717, 1.165) is 64.2 Å². The maximum Gasteiger partial charge on any atom is 0.309 e. The molecule has 36 heavy (non-hydrogen) atoms. The van der Waals surface area contributed by atoms with Crippen LogP contribution < -0.4 is 0 Å². The van der Waals surface area contributed by atoms with E-state index in [9.17, 15) is 14.7 Å². The van der Waals surface area contributed by atoms with E-state index in [0.29, 0.717) is 18.3 Å². The van der Waals surface area contributed by atoms with E-state index >= 15 is 0 Å². The molecule has 0 saturated heterocycles. The predicted octanol–water partition coefficient (Wildman–Crippen LogP) is 10.4. The molecule has 0 fully saturated rings. The first-order valence-corrected chi connectivity index (χ1v) is 15.8. The van der Waals surface area contributed by atoms with Crippen molar-refractivity contribution in [3.05, 3.63) is 0 Å². The van der Waals surface area contributed by atoms with Gasteiger partial charge < -0.3 is 10.2 Å². The van der Waals surface area contributed by atoms with Crippen molar-refractivity contribution in [2.24, 2.45) is 17.3 Å². The number of carboxylic acids is 2. The van der Waals surface area contributed by atoms with Gasteiger partial charge >= 0.3 is 11.9 Å². The fraction of sp³-hybridized carbons (Fsp3) is 0.938. The Bertz CT molecular complexity index is 512. The molecule has 214 valence electrons. The highest BCUT2D eigenvalue weighted by Crippen LogP contribution is 2.43. The molecule has 0 aliphatic rings. The van der Waals surface area contributed by atoms with Gasteiger partial charge in [0.15, 0.2) is 0 Å². The van der Waals surface area contributed by atoms with Crippen molar-refractivity contribution in [2.75, 3.05) is 0 Å². The minimum atomic E-state index is -0.682. The number of aliphatic carboxylic acids is 2. The minimum Gasteiger partial charge on any atom is -0.481 e. The Balaban J connectivity index is 4.60. The number of hydrogen-bond donors (Lipinski definition) is 2. The lowest BCUT2D eigenvalue weighted by Gasteiger charge is -2.36. The largest absolute Gasteiger partial charge is 0.481 e. The lowest BCUT2D eigenvalue weighted by atomic mass is 9.67. The number of unbranched alkanes of at least 4 members (excludes halogenated alkanes) is 12. The van der Waals surface area contributed by atoms with E-state index in [1.165, 1.54) is 77.0 Å². The Labute approximate surface area is 224 Å². The highest BCUT2D eigenvalue weighted by Gasteiger charge is 2.40. The summed E-state index contributed by atoms with van der Waals surface area (Å²) >= 11 is 0. The zero-order valence-electron chi connectivity index (χ0n) is 24.6. The zero-order valence-corrected chi connectivity index (χ0v) is 24.6. The van der Waals surface area contributed by atoms with E-state index in [1.54, 1.807) is 0 Å². The van der Waals surface area contributed by atoms with E-state index < -0.39 is 17.4 Å². The second-order valence-electron chi connectivity index (χ2n) is 11.6. The maximum absolute atomic E-state index is 12.8. The third-order valence-electron chi connectivity index (χ3n) is 8.45. The van der Waals surface area contributed by atoms with Crippen molar-refractivity contribution >= 4 is 11.9 Å². The monoisotopic (exact) mass is 510 g/mol. The second kappa shape index (κ2) is 23.1. The molecule has 0 rings (SSSR count). The molecule has 0 aromatic carbocycles. The Kier molecular flexibility index (Phi) is 22.4. The highest BCUT2D eigenvalue weighted by molar-refractivity contribution is 5.74. The predicted molar refractivity (Wildman–Crippen MR) is 154 cm³/mol. The van der Waals surface area contributed by atoms with Crippen LogP contribution in [0.15, 0.2) is 0 Å². The average molecular weight is 511 g/mol. The van der Waals surface area contributed by atoms with Crippen molar-refractivity contribution in [3.63, 3.8) is 0 Å². The van der Waals surface area contributed by atoms with Gasteiger partial charge in [-0.1, -0.05) is 143 Å². The number of carboxylic acid groups (broad SMARTS) is 2. The quantitative estimate of drug-likeness (QED) is 0.108. The molecule has 0 aromatic heterocycles. The number of rotatable bonds is 27. The molecule has 0 amide bonds. The summed E-state index contributed by atoms with van der Waals surface area (Å²) in [5.41, 5.74) is -0.538. The maximum atomic E-state index is 12.8. The van der Waals surface area contributed by atoms with Gasteiger partial charge in [0.2, 0.25) is 0 Å². The van der Waals surface area contributed by atoms with E-state index in [-0.39, 0.29) is 0 Å². The van der Waals surface area contributed by atoms with Crippen molar-refractivity contribution in [2.45, 2.75) is 175 Å². The van der Waals surface area contributed by atoms with Crippen LogP contribution in [0.4, 0.5) is 0 Å². The van der Waals surface area contributed by atoms with Gasteiger partial charge in [-0.05, 0) is 37.5 Å². The SMILES string of the molecule is CCCCC(CC)CC(CCCCCCCCCCCCCC(=O)O)(CC(CC)CCCC)C(=O)O. The summed E-state index contributed by atoms with van der Waals surface area (Å²) in [6.07, 6.45) is 24.9. The van der Waals surface area contributed by atoms with Crippen LogP contribution in [-0.2, 0) is 9.59 Å². The first kappa shape index (κ1) is 34.9. The summed E-state index contributed by atoms with van der Waals surface area (Å²) < 4.78 is 0. The molecule has 0 bridgehead atoms. The molecule has 0 aromatic rings. The molecule has 0 aliphatic carbocycles. The summed E-state index contributed by atoms with van der Waals surface area (Å²) in [5, 5.41) is 19.2. The molecule has 2 unspecified atom stereocenters. The van der Waals surface area contributed by atoms with Crippen LogP contribution >= 0.6 is 0 Å². The molecule has 2 N–H and O–H groups in total. The summed E-state index contributed by atoms with van der Waals surface area (Å²) in [5.74, 6) is -0.141. The van der Waals surface area contributed by atoms with Gasteiger partial charge in [0.25, 0.3) is 0 Å². The van der Waals surface area contributed by atoms with Gasteiger partial charge in [-0.3, -0.25) is 9.59 Å². The van der Waals surface area contributed by atoms with Crippen LogP contribution in [0.3, 0.4) is 0 Å². The van der Waals surface area contributed by atoms with Crippen LogP contribution in [0.5, 0.6) is 0 Å². The van der Waals surface area contributed by atoms with E-state index in [1.807, 2.05) is 0 Å². The first-order valence-electron chi connectivity index (χ1n) is 15.8. The molecule has 4 heteroatoms. The highest BCUT2D eigenvalue weighted by atomic mass is 16.4. The minimum absolute atomic E-state index is 0.304. The lowest BCUT2D eigenvalue weighted by molar-refractivity contribution is -0.152. The molecular formula is C32H62O4. The third-order valence-corrected chi connectivity index (χ3v) is 8.45. The molecule has 4 nitrogen and oxygen atoms in total. The van der Waals surface area contributed by atoms with Crippen molar-refractivity contribution in [1.82, 2.24) is 0 Å². The van der Waals surface area contributed by atoms with Crippen LogP contribution in [0.2, 0.25) is 0 Å². The van der Waals surface area contributed by atoms with Crippen LogP contribution in [0, 0.1) is 17.3 Å². The van der Waals surface area contributed by atoms with E-state index in [2.05, 4.69) is 27.7 Å². The molecular weight excluding hydrogens is 448 g/mol. The van der Waals surface area contributed by atoms with Gasteiger partial charge in [0, 0.05) is 6.42 Å². The van der Waals surface area contributed by atoms with Crippen LogP contribution in [0.25, 0.3) is 0 Å². The van der Waals surface area contributed by atoms with Gasteiger partial charge in [0.05, 0.1) is 5.41 Å². The van der Waals surface area contributed by atoms with Gasteiger partial charge in [-0.15, -0.1) is 0 Å². The van der Waals surface area contributed by atoms with Crippen molar-refractivity contribution in [1.29, 1.82) is 0 Å². The number of hydrogen-bond acceptors (Lipinski definition) is 2. The molecule has 0 spiro atoms. The van der Waals surface area contributed by atoms with Gasteiger partial charge in [-0.25, -0.2) is 0 Å². The summed E-state index contributed by atoms with van der Waals surface area (Å²) in [4.78, 5) is 23.3. The van der Waals surface area contributed by atoms with Gasteiger partial charge in [-0.2, -0.15) is 0 Å². The van der Waals surface area contributed by atoms with Crippen molar-refractivity contribution in [3.8, 4) is 0 Å². The Morgan fingerprint density at radius 1 is 0.583 bits per heavy atom. The van der Waals surface area contributed by atoms with Crippen LogP contribution in [0.1, 0.15) is 175 Å². The number of carbonyl (C=O) groups is 2. The zero-order chi connectivity index (χ0) is 27.1. The van der Waals surface area contributed by atoms with Gasteiger partial charge in [0.1, 0.15) is 0 Å². The fourth-order valence-electron chi connectivity index (χ4n) is 5.89. The average Bonchev–Trinajstić information content (AvgIpc) is 2.86. The molecule has 0 radical (unpaired) electrons. The summed E-state index contributed by atoms with van der Waals surface area (Å²) in [6.45, 7) is 8.96. The fourth-order valence-corrected chi connectivity index (χ4v) is 5.89. The van der Waals surface area contributed by atoms with Crippen LogP contribution in [-0.4, -0.2) is 22.2 Å². The Morgan fingerprint density at radius 3 is 1.31 bits per heavy atom.